The van der Waals surface area contributed by atoms with Crippen molar-refractivity contribution in [2.45, 2.75) is 45.8 Å². The van der Waals surface area contributed by atoms with Crippen molar-refractivity contribution < 1.29 is 40.1 Å². The maximum absolute atomic E-state index is 10.5. The SMILES string of the molecule is Cc1cc(O)c2nc(Oc3[c-]c(C4=N[C@@H]5[C@H](CCC5(C)C)O4)cc4oc5ccccc5c34)ccc2c1.[Pt]. The average molecular weight is 673 g/mol. The third-order valence-corrected chi connectivity index (χ3v) is 7.45. The number of fused-ring (bicyclic) bond motifs is 5. The summed E-state index contributed by atoms with van der Waals surface area (Å²) in [7, 11) is 0. The molecule has 7 rings (SSSR count). The number of hydrogen-bond donors (Lipinski definition) is 1. The van der Waals surface area contributed by atoms with Gasteiger partial charge >= 0.3 is 0 Å². The first kappa shape index (κ1) is 24.0. The molecule has 1 fully saturated rings. The van der Waals surface area contributed by atoms with Gasteiger partial charge in [0.25, 0.3) is 0 Å². The summed E-state index contributed by atoms with van der Waals surface area (Å²) in [6, 6.07) is 20.7. The molecule has 3 aromatic carbocycles. The fraction of sp³-hybridized carbons (Fsp3) is 0.267. The first-order chi connectivity index (χ1) is 17.4. The summed E-state index contributed by atoms with van der Waals surface area (Å²) in [6.45, 7) is 6.43. The summed E-state index contributed by atoms with van der Waals surface area (Å²) < 4.78 is 18.8. The minimum atomic E-state index is 0. The Bertz CT molecular complexity index is 1720. The molecule has 0 bridgehead atoms. The number of ether oxygens (including phenoxy) is 2. The van der Waals surface area contributed by atoms with Crippen LogP contribution in [0.25, 0.3) is 32.8 Å². The van der Waals surface area contributed by atoms with Gasteiger partial charge in [0.15, 0.2) is 0 Å². The second-order valence-electron chi connectivity index (χ2n) is 10.5. The number of pyridine rings is 1. The van der Waals surface area contributed by atoms with E-state index in [0.29, 0.717) is 34.2 Å². The fourth-order valence-corrected chi connectivity index (χ4v) is 5.59. The molecule has 1 aliphatic carbocycles. The number of aromatic nitrogens is 1. The number of para-hydroxylation sites is 1. The van der Waals surface area contributed by atoms with Gasteiger partial charge in [0.1, 0.15) is 28.9 Å². The molecule has 2 atom stereocenters. The topological polar surface area (TPSA) is 77.1 Å². The molecule has 1 aliphatic heterocycles. The first-order valence-corrected chi connectivity index (χ1v) is 12.3. The van der Waals surface area contributed by atoms with E-state index in [1.165, 1.54) is 0 Å². The number of hydrogen-bond acceptors (Lipinski definition) is 6. The smallest absolute Gasteiger partial charge is 0.217 e. The molecule has 190 valence electrons. The Balaban J connectivity index is 0.00000252. The maximum atomic E-state index is 10.5. The van der Waals surface area contributed by atoms with E-state index in [1.807, 2.05) is 49.4 Å². The monoisotopic (exact) mass is 672 g/mol. The molecule has 6 nitrogen and oxygen atoms in total. The Morgan fingerprint density at radius 3 is 2.76 bits per heavy atom. The first-order valence-electron chi connectivity index (χ1n) is 12.3. The fourth-order valence-electron chi connectivity index (χ4n) is 5.59. The average Bonchev–Trinajstić information content (AvgIpc) is 3.52. The minimum absolute atomic E-state index is 0. The van der Waals surface area contributed by atoms with E-state index in [0.717, 1.165) is 40.1 Å². The van der Waals surface area contributed by atoms with Gasteiger partial charge in [0.2, 0.25) is 5.88 Å². The van der Waals surface area contributed by atoms with Crippen molar-refractivity contribution in [1.82, 2.24) is 4.98 Å². The number of phenols is 1. The number of phenolic OH excluding ortho intramolecular Hbond substituents is 1. The van der Waals surface area contributed by atoms with E-state index < -0.39 is 0 Å². The van der Waals surface area contributed by atoms with Crippen LogP contribution in [0.1, 0.15) is 37.8 Å². The van der Waals surface area contributed by atoms with Gasteiger partial charge in [0.05, 0.1) is 17.4 Å². The Hall–Kier alpha value is -3.37. The van der Waals surface area contributed by atoms with Gasteiger partial charge < -0.3 is 19.0 Å². The molecule has 1 N–H and O–H groups in total. The van der Waals surface area contributed by atoms with Gasteiger partial charge in [0, 0.05) is 32.5 Å². The summed E-state index contributed by atoms with van der Waals surface area (Å²) in [6.07, 6.45) is 2.18. The zero-order valence-electron chi connectivity index (χ0n) is 20.6. The number of benzene rings is 3. The van der Waals surface area contributed by atoms with Crippen LogP contribution in [0.5, 0.6) is 17.4 Å². The van der Waals surface area contributed by atoms with Crippen molar-refractivity contribution in [3.8, 4) is 17.4 Å². The normalized spacial score (nSPS) is 20.0. The Kier molecular flexibility index (Phi) is 5.57. The van der Waals surface area contributed by atoms with E-state index in [4.69, 9.17) is 18.9 Å². The molecule has 2 aromatic heterocycles. The number of aryl methyl sites for hydroxylation is 1. The van der Waals surface area contributed by atoms with Crippen LogP contribution in [0.2, 0.25) is 0 Å². The minimum Gasteiger partial charge on any atom is -0.515 e. The summed E-state index contributed by atoms with van der Waals surface area (Å²) in [5.41, 5.74) is 3.68. The van der Waals surface area contributed by atoms with Crippen LogP contribution in [0.15, 0.2) is 64.0 Å². The molecule has 3 heterocycles. The standard InChI is InChI=1S/C30H25N2O4.Pt/c1-16-12-17-8-9-25(31-27(17)20(33)13-16)35-24-15-18(29-32-28-22(36-29)10-11-30(28,2)3)14-23-26(24)19-6-4-5-7-21(19)34-23;/h4-9,12-14,22,28,33H,10-11H2,1-3H3;/q-1;/t22-,28+;/m0./s1. The maximum Gasteiger partial charge on any atom is 0.217 e. The second kappa shape index (κ2) is 8.59. The van der Waals surface area contributed by atoms with Crippen LogP contribution < -0.4 is 4.74 Å². The van der Waals surface area contributed by atoms with Crippen LogP contribution in [0, 0.1) is 18.4 Å². The molecule has 0 amide bonds. The molecule has 0 saturated heterocycles. The molecular formula is C30H25N2O4Pt-. The second-order valence-corrected chi connectivity index (χ2v) is 10.5. The summed E-state index contributed by atoms with van der Waals surface area (Å²) in [4.78, 5) is 9.55. The van der Waals surface area contributed by atoms with Gasteiger partial charge in [-0.2, -0.15) is 0 Å². The molecule has 2 aliphatic rings. The molecule has 0 radical (unpaired) electrons. The van der Waals surface area contributed by atoms with E-state index >= 15 is 0 Å². The summed E-state index contributed by atoms with van der Waals surface area (Å²) in [5, 5.41) is 13.0. The van der Waals surface area contributed by atoms with Crippen molar-refractivity contribution >= 4 is 38.7 Å². The number of aliphatic imine (C=N–C) groups is 1. The van der Waals surface area contributed by atoms with Crippen LogP contribution in [-0.2, 0) is 25.8 Å². The number of furan rings is 1. The van der Waals surface area contributed by atoms with Gasteiger partial charge in [-0.25, -0.2) is 4.98 Å². The molecule has 7 heteroatoms. The quantitative estimate of drug-likeness (QED) is 0.208. The molecular weight excluding hydrogens is 647 g/mol. The Morgan fingerprint density at radius 1 is 1.08 bits per heavy atom. The van der Waals surface area contributed by atoms with Crippen LogP contribution in [0.4, 0.5) is 0 Å². The van der Waals surface area contributed by atoms with E-state index in [-0.39, 0.29) is 44.4 Å². The largest absolute Gasteiger partial charge is 0.515 e. The molecule has 5 aromatic rings. The van der Waals surface area contributed by atoms with E-state index in [1.54, 1.807) is 12.1 Å². The van der Waals surface area contributed by atoms with Crippen molar-refractivity contribution in [2.75, 3.05) is 0 Å². The predicted octanol–water partition coefficient (Wildman–Crippen LogP) is 7.07. The van der Waals surface area contributed by atoms with Crippen molar-refractivity contribution in [3.63, 3.8) is 0 Å². The number of nitrogens with zero attached hydrogens (tertiary/aromatic N) is 2. The Morgan fingerprint density at radius 2 is 1.92 bits per heavy atom. The zero-order valence-corrected chi connectivity index (χ0v) is 22.9. The Labute approximate surface area is 228 Å². The van der Waals surface area contributed by atoms with Crippen LogP contribution in [0.3, 0.4) is 0 Å². The predicted molar refractivity (Wildman–Crippen MR) is 139 cm³/mol. The third-order valence-electron chi connectivity index (χ3n) is 7.45. The number of rotatable bonds is 3. The van der Waals surface area contributed by atoms with Crippen molar-refractivity contribution in [3.05, 3.63) is 71.8 Å². The molecule has 0 unspecified atom stereocenters. The molecule has 37 heavy (non-hydrogen) atoms. The number of aromatic hydroxyl groups is 1. The van der Waals surface area contributed by atoms with Crippen molar-refractivity contribution in [2.24, 2.45) is 10.4 Å². The van der Waals surface area contributed by atoms with E-state index in [2.05, 4.69) is 24.9 Å². The summed E-state index contributed by atoms with van der Waals surface area (Å²) in [5.74, 6) is 1.53. The zero-order chi connectivity index (χ0) is 24.6. The van der Waals surface area contributed by atoms with Crippen LogP contribution in [-0.4, -0.2) is 28.1 Å². The van der Waals surface area contributed by atoms with Crippen molar-refractivity contribution in [1.29, 1.82) is 0 Å². The molecule has 1 saturated carbocycles. The van der Waals surface area contributed by atoms with Gasteiger partial charge in [-0.05, 0) is 65.8 Å². The van der Waals surface area contributed by atoms with Crippen LogP contribution >= 0.6 is 0 Å². The molecule has 0 spiro atoms. The van der Waals surface area contributed by atoms with Gasteiger partial charge in [-0.1, -0.05) is 49.7 Å². The van der Waals surface area contributed by atoms with Gasteiger partial charge in [-0.3, -0.25) is 4.99 Å². The van der Waals surface area contributed by atoms with Gasteiger partial charge in [-0.15, -0.1) is 0 Å². The van der Waals surface area contributed by atoms with E-state index in [9.17, 15) is 5.11 Å². The third kappa shape index (κ3) is 3.90. The summed E-state index contributed by atoms with van der Waals surface area (Å²) >= 11 is 0.